The average Bonchev–Trinajstić information content (AvgIpc) is 3.05. The fourth-order valence-electron chi connectivity index (χ4n) is 3.46. The molecule has 0 amide bonds. The van der Waals surface area contributed by atoms with E-state index in [-0.39, 0.29) is 11.5 Å². The van der Waals surface area contributed by atoms with Gasteiger partial charge in [0.15, 0.2) is 0 Å². The number of aromatic nitrogens is 4. The molecule has 7 heteroatoms. The first-order valence-corrected chi connectivity index (χ1v) is 8.36. The first-order valence-electron chi connectivity index (χ1n) is 8.36. The van der Waals surface area contributed by atoms with Gasteiger partial charge in [0.25, 0.3) is 0 Å². The van der Waals surface area contributed by atoms with Crippen molar-refractivity contribution in [3.8, 4) is 0 Å². The Kier molecular flexibility index (Phi) is 3.83. The third kappa shape index (κ3) is 2.93. The van der Waals surface area contributed by atoms with Crippen LogP contribution in [0, 0.1) is 6.92 Å². The van der Waals surface area contributed by atoms with Gasteiger partial charge in [-0.1, -0.05) is 6.07 Å². The number of aromatic amines is 1. The van der Waals surface area contributed by atoms with Crippen molar-refractivity contribution in [1.82, 2.24) is 19.9 Å². The smallest absolute Gasteiger partial charge is 0.341 e. The standard InChI is InChI=1S/C18H19N5O2/c1-11-4-5-14-15(7-11)22-16(21-14)12-3-2-6-23(9-12)17-13(18(24)25)8-19-10-20-17/h4-5,7-8,10,12H,2-3,6,9H2,1H3,(H,21,22)(H,24,25). The Balaban J connectivity index is 1.63. The number of piperidine rings is 1. The second-order valence-corrected chi connectivity index (χ2v) is 6.49. The van der Waals surface area contributed by atoms with Crippen LogP contribution in [0.2, 0.25) is 0 Å². The number of rotatable bonds is 3. The quantitative estimate of drug-likeness (QED) is 0.763. The van der Waals surface area contributed by atoms with Gasteiger partial charge in [-0.3, -0.25) is 0 Å². The van der Waals surface area contributed by atoms with Gasteiger partial charge < -0.3 is 15.0 Å². The van der Waals surface area contributed by atoms with E-state index < -0.39 is 5.97 Å². The summed E-state index contributed by atoms with van der Waals surface area (Å²) in [6, 6.07) is 6.18. The van der Waals surface area contributed by atoms with Crippen molar-refractivity contribution in [3.63, 3.8) is 0 Å². The maximum absolute atomic E-state index is 11.4. The molecule has 1 saturated heterocycles. The molecule has 1 atom stereocenters. The number of nitrogens with one attached hydrogen (secondary N) is 1. The van der Waals surface area contributed by atoms with Crippen LogP contribution in [-0.4, -0.2) is 44.1 Å². The van der Waals surface area contributed by atoms with Crippen LogP contribution in [0.15, 0.2) is 30.7 Å². The number of nitrogens with zero attached hydrogens (tertiary/aromatic N) is 4. The average molecular weight is 337 g/mol. The number of aryl methyl sites for hydroxylation is 1. The summed E-state index contributed by atoms with van der Waals surface area (Å²) >= 11 is 0. The number of carboxylic acids is 1. The van der Waals surface area contributed by atoms with Gasteiger partial charge in [0.05, 0.1) is 11.0 Å². The summed E-state index contributed by atoms with van der Waals surface area (Å²) in [5.41, 5.74) is 3.34. The van der Waals surface area contributed by atoms with Gasteiger partial charge in [0, 0.05) is 25.2 Å². The predicted octanol–water partition coefficient (Wildman–Crippen LogP) is 2.74. The number of benzene rings is 1. The Hall–Kier alpha value is -2.96. The van der Waals surface area contributed by atoms with E-state index in [0.29, 0.717) is 12.4 Å². The molecule has 1 aromatic carbocycles. The summed E-state index contributed by atoms with van der Waals surface area (Å²) in [6.45, 7) is 3.54. The van der Waals surface area contributed by atoms with Gasteiger partial charge in [0.1, 0.15) is 23.5 Å². The van der Waals surface area contributed by atoms with Gasteiger partial charge in [-0.2, -0.15) is 0 Å². The summed E-state index contributed by atoms with van der Waals surface area (Å²) < 4.78 is 0. The Morgan fingerprint density at radius 2 is 2.28 bits per heavy atom. The second-order valence-electron chi connectivity index (χ2n) is 6.49. The van der Waals surface area contributed by atoms with Crippen LogP contribution in [0.3, 0.4) is 0 Å². The number of imidazole rings is 1. The molecule has 0 saturated carbocycles. The molecular weight excluding hydrogens is 318 g/mol. The zero-order valence-corrected chi connectivity index (χ0v) is 13.9. The van der Waals surface area contributed by atoms with Crippen LogP contribution in [0.25, 0.3) is 11.0 Å². The van der Waals surface area contributed by atoms with Crippen molar-refractivity contribution in [1.29, 1.82) is 0 Å². The molecular formula is C18H19N5O2. The molecule has 4 rings (SSSR count). The summed E-state index contributed by atoms with van der Waals surface area (Å²) in [5, 5.41) is 9.38. The maximum Gasteiger partial charge on any atom is 0.341 e. The molecule has 0 radical (unpaired) electrons. The number of carboxylic acid groups (broad SMARTS) is 1. The van der Waals surface area contributed by atoms with Gasteiger partial charge in [-0.05, 0) is 37.5 Å². The predicted molar refractivity (Wildman–Crippen MR) is 94.0 cm³/mol. The minimum Gasteiger partial charge on any atom is -0.477 e. The lowest BCUT2D eigenvalue weighted by atomic mass is 9.97. The lowest BCUT2D eigenvalue weighted by molar-refractivity contribution is 0.0696. The highest BCUT2D eigenvalue weighted by atomic mass is 16.4. The summed E-state index contributed by atoms with van der Waals surface area (Å²) in [6.07, 6.45) is 4.74. The molecule has 1 aliphatic rings. The van der Waals surface area contributed by atoms with Gasteiger partial charge >= 0.3 is 5.97 Å². The van der Waals surface area contributed by atoms with E-state index in [9.17, 15) is 9.90 Å². The first kappa shape index (κ1) is 15.6. The highest BCUT2D eigenvalue weighted by Gasteiger charge is 2.27. The van der Waals surface area contributed by atoms with Gasteiger partial charge in [0.2, 0.25) is 0 Å². The van der Waals surface area contributed by atoms with E-state index in [0.717, 1.165) is 36.2 Å². The van der Waals surface area contributed by atoms with Crippen LogP contribution < -0.4 is 4.90 Å². The lowest BCUT2D eigenvalue weighted by Crippen LogP contribution is -2.36. The number of aromatic carboxylic acids is 1. The SMILES string of the molecule is Cc1ccc2nc(C3CCCN(c4ncncc4C(=O)O)C3)[nH]c2c1. The summed E-state index contributed by atoms with van der Waals surface area (Å²) in [7, 11) is 0. The molecule has 0 spiro atoms. The molecule has 3 heterocycles. The third-order valence-corrected chi connectivity index (χ3v) is 4.68. The Morgan fingerprint density at radius 1 is 1.40 bits per heavy atom. The number of H-pyrrole nitrogens is 1. The molecule has 3 aromatic rings. The van der Waals surface area contributed by atoms with Crippen LogP contribution in [0.5, 0.6) is 0 Å². The fraction of sp³-hybridized carbons (Fsp3) is 0.333. The molecule has 0 aliphatic carbocycles. The summed E-state index contributed by atoms with van der Waals surface area (Å²) in [4.78, 5) is 29.7. The Morgan fingerprint density at radius 3 is 3.12 bits per heavy atom. The van der Waals surface area contributed by atoms with E-state index in [1.165, 1.54) is 18.1 Å². The molecule has 1 aliphatic heterocycles. The highest BCUT2D eigenvalue weighted by molar-refractivity contribution is 5.92. The normalized spacial score (nSPS) is 17.8. The molecule has 128 valence electrons. The maximum atomic E-state index is 11.4. The first-order chi connectivity index (χ1) is 12.1. The number of carbonyl (C=O) groups is 1. The number of anilines is 1. The topological polar surface area (TPSA) is 95.0 Å². The van der Waals surface area contributed by atoms with Crippen molar-refractivity contribution >= 4 is 22.8 Å². The Labute approximate surface area is 144 Å². The molecule has 0 bridgehead atoms. The molecule has 2 N–H and O–H groups in total. The van der Waals surface area contributed by atoms with Crippen LogP contribution in [0.4, 0.5) is 5.82 Å². The zero-order chi connectivity index (χ0) is 17.4. The van der Waals surface area contributed by atoms with Gasteiger partial charge in [-0.25, -0.2) is 19.7 Å². The third-order valence-electron chi connectivity index (χ3n) is 4.68. The number of fused-ring (bicyclic) bond motifs is 1. The van der Waals surface area contributed by atoms with Crippen molar-refractivity contribution in [2.45, 2.75) is 25.7 Å². The molecule has 2 aromatic heterocycles. The highest BCUT2D eigenvalue weighted by Crippen LogP contribution is 2.30. The van der Waals surface area contributed by atoms with Crippen molar-refractivity contribution in [3.05, 3.63) is 47.7 Å². The zero-order valence-electron chi connectivity index (χ0n) is 13.9. The molecule has 1 fully saturated rings. The van der Waals surface area contributed by atoms with E-state index in [4.69, 9.17) is 4.98 Å². The minimum atomic E-state index is -1.00. The number of hydrogen-bond donors (Lipinski definition) is 2. The Bertz CT molecular complexity index is 936. The number of hydrogen-bond acceptors (Lipinski definition) is 5. The van der Waals surface area contributed by atoms with E-state index >= 15 is 0 Å². The van der Waals surface area contributed by atoms with E-state index in [1.54, 1.807) is 0 Å². The molecule has 25 heavy (non-hydrogen) atoms. The van der Waals surface area contributed by atoms with E-state index in [1.807, 2.05) is 11.0 Å². The van der Waals surface area contributed by atoms with Crippen molar-refractivity contribution in [2.24, 2.45) is 0 Å². The van der Waals surface area contributed by atoms with Crippen molar-refractivity contribution < 1.29 is 9.90 Å². The van der Waals surface area contributed by atoms with Crippen LogP contribution in [0.1, 0.15) is 40.5 Å². The largest absolute Gasteiger partial charge is 0.477 e. The van der Waals surface area contributed by atoms with Crippen LogP contribution >= 0.6 is 0 Å². The lowest BCUT2D eigenvalue weighted by Gasteiger charge is -2.33. The fourth-order valence-corrected chi connectivity index (χ4v) is 3.46. The second kappa shape index (κ2) is 6.16. The molecule has 7 nitrogen and oxygen atoms in total. The summed E-state index contributed by atoms with van der Waals surface area (Å²) in [5.74, 6) is 0.658. The monoisotopic (exact) mass is 337 g/mol. The van der Waals surface area contributed by atoms with Crippen molar-refractivity contribution in [2.75, 3.05) is 18.0 Å². The minimum absolute atomic E-state index is 0.142. The van der Waals surface area contributed by atoms with Gasteiger partial charge in [-0.15, -0.1) is 0 Å². The van der Waals surface area contributed by atoms with Crippen LogP contribution in [-0.2, 0) is 0 Å². The molecule has 1 unspecified atom stereocenters. The van der Waals surface area contributed by atoms with E-state index in [2.05, 4.69) is 34.0 Å².